The molecule has 0 aromatic heterocycles. The van der Waals surface area contributed by atoms with Crippen LogP contribution in [0, 0.1) is 124 Å². The molecule has 11 aliphatic carbocycles. The molecule has 1 aromatic carbocycles. The van der Waals surface area contributed by atoms with E-state index in [2.05, 4.69) is 82.2 Å². The zero-order valence-electron chi connectivity index (χ0n) is 56.4. The topological polar surface area (TPSA) is 0 Å². The summed E-state index contributed by atoms with van der Waals surface area (Å²) in [5.41, 5.74) is 5.51. The third kappa shape index (κ3) is 17.9. The first-order valence-corrected chi connectivity index (χ1v) is 54.0. The van der Waals surface area contributed by atoms with Gasteiger partial charge in [0.05, 0.1) is 16.1 Å². The second-order valence-electron chi connectivity index (χ2n) is 30.3. The third-order valence-electron chi connectivity index (χ3n) is 27.0. The number of halogens is 4. The zero-order chi connectivity index (χ0) is 56.9. The molecule has 17 atom stereocenters. The molecule has 11 aliphatic rings. The Morgan fingerprint density at radius 3 is 1.14 bits per heavy atom. The Balaban J connectivity index is 0.000000377. The molecule has 0 radical (unpaired) electrons. The van der Waals surface area contributed by atoms with Crippen LogP contribution in [0.5, 0.6) is 0 Å². The fourth-order valence-corrected chi connectivity index (χ4v) is 36.1. The van der Waals surface area contributed by atoms with Crippen molar-refractivity contribution in [3.05, 3.63) is 90.9 Å². The summed E-state index contributed by atoms with van der Waals surface area (Å²) in [5.74, 6) is 17.1. The van der Waals surface area contributed by atoms with Crippen LogP contribution in [-0.2, 0) is 47.1 Å². The number of benzene rings is 1. The summed E-state index contributed by atoms with van der Waals surface area (Å²) < 4.78 is 0. The van der Waals surface area contributed by atoms with Crippen molar-refractivity contribution in [3.63, 3.8) is 0 Å². The molecule has 0 aliphatic heterocycles. The number of hydrogen-bond donors (Lipinski definition) is 0. The Kier molecular flexibility index (Phi) is 38.1. The fraction of sp³-hybridized carbons (Fsp3) is 0.818. The number of allylic oxidation sites excluding steroid dienone is 2. The number of fused-ring (bicyclic) bond motifs is 10. The maximum absolute atomic E-state index is 4.93. The molecule has 17 unspecified atom stereocenters. The van der Waals surface area contributed by atoms with Crippen molar-refractivity contribution in [1.82, 2.24) is 0 Å². The van der Waals surface area contributed by atoms with Gasteiger partial charge >= 0.3 is 75.7 Å². The molecule has 0 N–H and O–H groups in total. The summed E-state index contributed by atoms with van der Waals surface area (Å²) in [6.45, 7) is 23.6. The summed E-state index contributed by atoms with van der Waals surface area (Å²) in [5, 5.41) is 0. The van der Waals surface area contributed by atoms with E-state index in [1.807, 2.05) is 13.8 Å². The van der Waals surface area contributed by atoms with E-state index >= 15 is 0 Å². The van der Waals surface area contributed by atoms with Crippen LogP contribution in [0.25, 0.3) is 0 Å². The average Bonchev–Trinajstić information content (AvgIpc) is 1.67. The van der Waals surface area contributed by atoms with Gasteiger partial charge < -0.3 is 29.7 Å². The first-order chi connectivity index (χ1) is 39.0. The van der Waals surface area contributed by atoms with Crippen LogP contribution >= 0.6 is 34.1 Å². The summed E-state index contributed by atoms with van der Waals surface area (Å²) in [7, 11) is 17.0. The first-order valence-electron chi connectivity index (χ1n) is 35.2. The summed E-state index contributed by atoms with van der Waals surface area (Å²) >= 11 is -1.65. The van der Waals surface area contributed by atoms with Gasteiger partial charge in [-0.1, -0.05) is 238 Å². The van der Waals surface area contributed by atoms with Gasteiger partial charge in [0, 0.05) is 0 Å². The zero-order valence-corrected chi connectivity index (χ0v) is 66.3. The molecule has 488 valence electrons. The number of hydrogen-bond acceptors (Lipinski definition) is 0. The van der Waals surface area contributed by atoms with Crippen LogP contribution < -0.4 is 0 Å². The molecular weight excluding hydrogens is 1310 g/mol. The Bertz CT molecular complexity index is 1850. The standard InChI is InChI=1S/C35H54Si.C35H60Si.C2H6.CH4.4CH3.4ClH.2Zr/c1-5-23-36(3,4)33-24-32(28-19-11-12-20-29(28)33)35(2,25-15-7-6-8-16-25)34-30-21-13-9-17-26(30)27-18-10-14-22-31(27)34;1-3-4-5-6-7-16-25-36(2,34-30-21-12-8-17-26(30)27-18-9-13-22-31(27)34)35-32-23-14-10-19-28(32)29-20-11-15-24-33(29)35;1-2;;;;;;;;;;;/h5-8,15-16,26-34H,1,9-14,17-24H2,2-4H3;3,26-35H,1,4-25H2,2H3;1-2H3;1H4;4*1H3;4*1H;;/q;;;;4*-1;;;;;2*+4/p-4. The van der Waals surface area contributed by atoms with Crippen molar-refractivity contribution in [3.8, 4) is 0 Å². The van der Waals surface area contributed by atoms with E-state index in [4.69, 9.17) is 34.1 Å². The minimum absolute atomic E-state index is 0. The summed E-state index contributed by atoms with van der Waals surface area (Å²) in [6, 6.07) is 15.2. The quantitative estimate of drug-likeness (QED) is 0.0711. The second kappa shape index (κ2) is 39.8. The Labute approximate surface area is 572 Å². The molecule has 0 amide bonds. The van der Waals surface area contributed by atoms with Crippen molar-refractivity contribution in [2.45, 2.75) is 300 Å². The van der Waals surface area contributed by atoms with E-state index in [0.717, 1.165) is 100 Å². The normalized spacial score (nSPS) is 37.5. The van der Waals surface area contributed by atoms with Crippen molar-refractivity contribution in [2.75, 3.05) is 0 Å². The molecule has 0 saturated heterocycles. The van der Waals surface area contributed by atoms with Crippen LogP contribution in [-0.4, -0.2) is 16.1 Å². The molecule has 85 heavy (non-hydrogen) atoms. The molecule has 0 bridgehead atoms. The van der Waals surface area contributed by atoms with Crippen molar-refractivity contribution < 1.29 is 41.7 Å². The Morgan fingerprint density at radius 2 is 0.776 bits per heavy atom. The molecule has 0 nitrogen and oxygen atoms in total. The number of unbranched alkanes of at least 4 members (excludes halogenated alkanes) is 4. The van der Waals surface area contributed by atoms with Gasteiger partial charge in [-0.25, -0.2) is 0 Å². The fourth-order valence-electron chi connectivity index (χ4n) is 24.9. The van der Waals surface area contributed by atoms with Crippen LogP contribution in [0.3, 0.4) is 0 Å². The number of rotatable bonds is 15. The van der Waals surface area contributed by atoms with Gasteiger partial charge in [-0.3, -0.25) is 0 Å². The van der Waals surface area contributed by atoms with Crippen molar-refractivity contribution in [1.29, 1.82) is 0 Å². The summed E-state index contributed by atoms with van der Waals surface area (Å²) in [4.78, 5) is 0. The van der Waals surface area contributed by atoms with Crippen LogP contribution in [0.2, 0.25) is 48.4 Å². The molecule has 8 heteroatoms. The first kappa shape index (κ1) is 81.3. The maximum atomic E-state index is 4.93. The molecular formula is C77H136Cl4Si2Zr2. The molecule has 11 saturated carbocycles. The van der Waals surface area contributed by atoms with Crippen LogP contribution in [0.1, 0.15) is 252 Å². The van der Waals surface area contributed by atoms with Crippen LogP contribution in [0.15, 0.2) is 55.6 Å². The van der Waals surface area contributed by atoms with Crippen molar-refractivity contribution >= 4 is 50.2 Å². The average molecular weight is 1440 g/mol. The second-order valence-corrected chi connectivity index (χ2v) is 47.8. The minimum atomic E-state index is -1.40. The van der Waals surface area contributed by atoms with E-state index in [9.17, 15) is 0 Å². The van der Waals surface area contributed by atoms with E-state index in [0.29, 0.717) is 5.41 Å². The SMILES string of the molecule is C.C=CCCCCCC[Si](C)(C1C2CCCCC2C2CCCCC21)C1C2CCCCC2C2CCCCC21.C=CC[Si](C)(C)C1CC(C(C)(c2ccccc2)C2C3CCCCC3C3CCCCC32)C2CCCCC21.CC.[CH3-].[CH3-].[CH3-].[CH3-].[Cl][Zr+2][Cl].[Cl][Zr+2][Cl]. The van der Waals surface area contributed by atoms with E-state index in [1.54, 1.807) is 134 Å². The monoisotopic (exact) mass is 1440 g/mol. The van der Waals surface area contributed by atoms with E-state index in [-0.39, 0.29) is 37.1 Å². The Morgan fingerprint density at radius 1 is 0.459 bits per heavy atom. The molecule has 0 spiro atoms. The van der Waals surface area contributed by atoms with Gasteiger partial charge in [0.25, 0.3) is 0 Å². The van der Waals surface area contributed by atoms with Crippen LogP contribution in [0.4, 0.5) is 0 Å². The van der Waals surface area contributed by atoms with Gasteiger partial charge in [-0.2, -0.15) is 0 Å². The van der Waals surface area contributed by atoms with Gasteiger partial charge in [-0.15, -0.1) is 13.2 Å². The third-order valence-corrected chi connectivity index (χ3v) is 37.2. The predicted molar refractivity (Wildman–Crippen MR) is 384 cm³/mol. The van der Waals surface area contributed by atoms with E-state index in [1.165, 1.54) is 113 Å². The Hall–Kier alpha value is 2.06. The molecule has 0 heterocycles. The predicted octanol–water partition coefficient (Wildman–Crippen LogP) is 27.7. The van der Waals surface area contributed by atoms with E-state index < -0.39 is 57.8 Å². The van der Waals surface area contributed by atoms with Gasteiger partial charge in [0.2, 0.25) is 0 Å². The van der Waals surface area contributed by atoms with Crippen molar-refractivity contribution in [2.24, 2.45) is 94.7 Å². The molecule has 12 rings (SSSR count). The van der Waals surface area contributed by atoms with Gasteiger partial charge in [-0.05, 0) is 205 Å². The molecule has 11 fully saturated rings. The van der Waals surface area contributed by atoms with Gasteiger partial charge in [0.1, 0.15) is 0 Å². The summed E-state index contributed by atoms with van der Waals surface area (Å²) in [6.07, 6.45) is 56.9. The molecule has 1 aromatic rings. The van der Waals surface area contributed by atoms with Gasteiger partial charge in [0.15, 0.2) is 0 Å².